The maximum atomic E-state index is 13.4. The van der Waals surface area contributed by atoms with Crippen LogP contribution in [0.25, 0.3) is 5.57 Å². The maximum absolute atomic E-state index is 13.4. The minimum absolute atomic E-state index is 0.0124. The highest BCUT2D eigenvalue weighted by Crippen LogP contribution is 2.39. The summed E-state index contributed by atoms with van der Waals surface area (Å²) in [5, 5.41) is 18.9. The van der Waals surface area contributed by atoms with E-state index in [1.54, 1.807) is 11.0 Å². The summed E-state index contributed by atoms with van der Waals surface area (Å²) in [4.78, 5) is 40.5. The Balaban J connectivity index is 1.91. The van der Waals surface area contributed by atoms with E-state index in [2.05, 4.69) is 6.92 Å². The number of carbonyl (C=O) groups excluding carboxylic acids is 1. The molecule has 0 radical (unpaired) electrons. The molecular weight excluding hydrogens is 404 g/mol. The third-order valence-corrected chi connectivity index (χ3v) is 7.27. The molecule has 0 saturated heterocycles. The number of rotatable bonds is 5. The van der Waals surface area contributed by atoms with E-state index in [1.807, 2.05) is 19.9 Å². The number of hydrogen-bond donors (Lipinski definition) is 2. The van der Waals surface area contributed by atoms with Gasteiger partial charge in [-0.15, -0.1) is 11.3 Å². The van der Waals surface area contributed by atoms with Crippen LogP contribution in [0.5, 0.6) is 0 Å². The van der Waals surface area contributed by atoms with Crippen molar-refractivity contribution in [1.82, 2.24) is 4.90 Å². The molecule has 2 heterocycles. The molecule has 30 heavy (non-hydrogen) atoms. The largest absolute Gasteiger partial charge is 0.477 e. The molecule has 1 aromatic heterocycles. The second kappa shape index (κ2) is 9.20. The fourth-order valence-electron chi connectivity index (χ4n) is 4.29. The Labute approximate surface area is 181 Å². The van der Waals surface area contributed by atoms with Crippen LogP contribution in [0.2, 0.25) is 0 Å². The van der Waals surface area contributed by atoms with Gasteiger partial charge < -0.3 is 20.0 Å². The molecule has 2 aliphatic rings. The second-order valence-corrected chi connectivity index (χ2v) is 9.65. The number of thiophene rings is 1. The second-order valence-electron chi connectivity index (χ2n) is 8.60. The van der Waals surface area contributed by atoms with Crippen molar-refractivity contribution in [1.29, 1.82) is 0 Å². The Morgan fingerprint density at radius 1 is 1.17 bits per heavy atom. The maximum Gasteiger partial charge on any atom is 0.407 e. The quantitative estimate of drug-likeness (QED) is 0.695. The Kier molecular flexibility index (Phi) is 6.85. The van der Waals surface area contributed by atoms with Gasteiger partial charge in [0.2, 0.25) is 5.91 Å². The molecule has 1 fully saturated rings. The molecule has 2 amide bonds. The molecule has 1 aliphatic carbocycles. The fraction of sp³-hybridized carbons (Fsp3) is 0.591. The summed E-state index contributed by atoms with van der Waals surface area (Å²) in [6.45, 7) is 6.70. The van der Waals surface area contributed by atoms with E-state index in [9.17, 15) is 19.5 Å². The lowest BCUT2D eigenvalue weighted by atomic mass is 9.82. The number of hydrogen-bond acceptors (Lipinski definition) is 4. The van der Waals surface area contributed by atoms with Gasteiger partial charge in [0.1, 0.15) is 4.88 Å². The summed E-state index contributed by atoms with van der Waals surface area (Å²) >= 11 is 1.17. The Morgan fingerprint density at radius 2 is 1.83 bits per heavy atom. The first kappa shape index (κ1) is 22.3. The van der Waals surface area contributed by atoms with Crippen molar-refractivity contribution >= 4 is 40.6 Å². The van der Waals surface area contributed by atoms with Gasteiger partial charge in [-0.25, -0.2) is 9.59 Å². The van der Waals surface area contributed by atoms with Crippen molar-refractivity contribution < 1.29 is 24.6 Å². The molecule has 8 heteroatoms. The predicted octanol–water partition coefficient (Wildman–Crippen LogP) is 4.78. The van der Waals surface area contributed by atoms with E-state index in [4.69, 9.17) is 5.11 Å². The number of aromatic carboxylic acids is 1. The first-order valence-corrected chi connectivity index (χ1v) is 11.4. The zero-order valence-electron chi connectivity index (χ0n) is 17.8. The Morgan fingerprint density at radius 3 is 2.33 bits per heavy atom. The van der Waals surface area contributed by atoms with Crippen molar-refractivity contribution in [2.75, 3.05) is 18.0 Å². The van der Waals surface area contributed by atoms with Crippen LogP contribution in [-0.4, -0.2) is 52.2 Å². The van der Waals surface area contributed by atoms with E-state index >= 15 is 0 Å². The molecule has 7 nitrogen and oxygen atoms in total. The number of nitrogens with zero attached hydrogens (tertiary/aromatic N) is 2. The van der Waals surface area contributed by atoms with Crippen LogP contribution < -0.4 is 4.90 Å². The van der Waals surface area contributed by atoms with Crippen molar-refractivity contribution in [3.05, 3.63) is 21.9 Å². The molecule has 0 atom stereocenters. The molecule has 0 spiro atoms. The highest BCUT2D eigenvalue weighted by molar-refractivity contribution is 7.15. The van der Waals surface area contributed by atoms with Gasteiger partial charge in [0.05, 0.1) is 5.69 Å². The Bertz CT molecular complexity index is 852. The SMILES string of the molecule is CC1CCC(C(=O)N(c2cc(C3=CCN(C(=O)O)CC3)sc2C(=O)O)C(C)C)CC1. The highest BCUT2D eigenvalue weighted by Gasteiger charge is 2.33. The van der Waals surface area contributed by atoms with Crippen molar-refractivity contribution in [3.63, 3.8) is 0 Å². The first-order valence-electron chi connectivity index (χ1n) is 10.6. The number of carboxylic acid groups (broad SMARTS) is 2. The van der Waals surface area contributed by atoms with Crippen molar-refractivity contribution in [2.24, 2.45) is 11.8 Å². The third kappa shape index (κ3) is 4.69. The molecule has 0 bridgehead atoms. The van der Waals surface area contributed by atoms with Gasteiger partial charge in [-0.05, 0) is 63.5 Å². The monoisotopic (exact) mass is 434 g/mol. The zero-order valence-corrected chi connectivity index (χ0v) is 18.6. The summed E-state index contributed by atoms with van der Waals surface area (Å²) in [7, 11) is 0. The van der Waals surface area contributed by atoms with E-state index in [-0.39, 0.29) is 29.3 Å². The summed E-state index contributed by atoms with van der Waals surface area (Å²) in [6, 6.07) is 1.65. The van der Waals surface area contributed by atoms with Crippen LogP contribution in [0.1, 0.15) is 67.4 Å². The molecule has 2 N–H and O–H groups in total. The van der Waals surface area contributed by atoms with E-state index in [0.29, 0.717) is 24.6 Å². The van der Waals surface area contributed by atoms with E-state index < -0.39 is 12.1 Å². The molecule has 3 rings (SSSR count). The molecule has 0 unspecified atom stereocenters. The fourth-order valence-corrected chi connectivity index (χ4v) is 5.35. The summed E-state index contributed by atoms with van der Waals surface area (Å²) in [6.07, 6.45) is 5.15. The van der Waals surface area contributed by atoms with Crippen LogP contribution in [0.15, 0.2) is 12.1 Å². The minimum Gasteiger partial charge on any atom is -0.477 e. The van der Waals surface area contributed by atoms with Gasteiger partial charge in [-0.2, -0.15) is 0 Å². The number of anilines is 1. The average Bonchev–Trinajstić information content (AvgIpc) is 3.13. The third-order valence-electron chi connectivity index (χ3n) is 6.08. The van der Waals surface area contributed by atoms with Crippen molar-refractivity contribution in [3.8, 4) is 0 Å². The summed E-state index contributed by atoms with van der Waals surface area (Å²) in [5.41, 5.74) is 1.40. The topological polar surface area (TPSA) is 98.2 Å². The van der Waals surface area contributed by atoms with Crippen LogP contribution >= 0.6 is 11.3 Å². The van der Waals surface area contributed by atoms with Crippen LogP contribution in [-0.2, 0) is 4.79 Å². The van der Waals surface area contributed by atoms with Crippen LogP contribution in [0.4, 0.5) is 10.5 Å². The first-order chi connectivity index (χ1) is 14.2. The molecule has 0 aromatic carbocycles. The summed E-state index contributed by atoms with van der Waals surface area (Å²) < 4.78 is 0. The molecule has 1 saturated carbocycles. The molecular formula is C22H30N2O5S. The smallest absolute Gasteiger partial charge is 0.407 e. The number of carbonyl (C=O) groups is 3. The predicted molar refractivity (Wildman–Crippen MR) is 117 cm³/mol. The average molecular weight is 435 g/mol. The number of amides is 2. The normalized spacial score (nSPS) is 22.0. The van der Waals surface area contributed by atoms with Crippen LogP contribution in [0, 0.1) is 11.8 Å². The lowest BCUT2D eigenvalue weighted by Crippen LogP contribution is -2.42. The van der Waals surface area contributed by atoms with E-state index in [1.165, 1.54) is 16.2 Å². The number of carboxylic acids is 1. The van der Waals surface area contributed by atoms with Gasteiger partial charge in [-0.3, -0.25) is 4.79 Å². The Hall–Kier alpha value is -2.35. The van der Waals surface area contributed by atoms with E-state index in [0.717, 1.165) is 36.1 Å². The zero-order chi connectivity index (χ0) is 22.0. The van der Waals surface area contributed by atoms with Gasteiger partial charge in [0, 0.05) is 29.9 Å². The van der Waals surface area contributed by atoms with Crippen LogP contribution in [0.3, 0.4) is 0 Å². The van der Waals surface area contributed by atoms with Gasteiger partial charge in [0.15, 0.2) is 0 Å². The van der Waals surface area contributed by atoms with Gasteiger partial charge >= 0.3 is 12.1 Å². The minimum atomic E-state index is -1.04. The van der Waals surface area contributed by atoms with Gasteiger partial charge in [0.25, 0.3) is 0 Å². The lowest BCUT2D eigenvalue weighted by molar-refractivity contribution is -0.123. The lowest BCUT2D eigenvalue weighted by Gasteiger charge is -2.33. The molecule has 1 aromatic rings. The summed E-state index contributed by atoms with van der Waals surface area (Å²) in [5.74, 6) is -0.460. The standard InChI is InChI=1S/C22H30N2O5S/c1-13(2)24(20(25)16-6-4-14(3)5-7-16)17-12-18(30-19(17)21(26)27)15-8-10-23(11-9-15)22(28)29/h8,12-14,16H,4-7,9-11H2,1-3H3,(H,26,27)(H,28,29). The highest BCUT2D eigenvalue weighted by atomic mass is 32.1. The van der Waals surface area contributed by atoms with Crippen molar-refractivity contribution in [2.45, 2.75) is 58.9 Å². The molecule has 1 aliphatic heterocycles. The van der Waals surface area contributed by atoms with Gasteiger partial charge in [-0.1, -0.05) is 13.0 Å². The molecule has 164 valence electrons.